The number of carbonyl (C=O) groups is 2. The smallest absolute Gasteiger partial charge is 0.262 e. The molecule has 44 heavy (non-hydrogen) atoms. The van der Waals surface area contributed by atoms with Gasteiger partial charge in [-0.15, -0.1) is 0 Å². The molecule has 0 bridgehead atoms. The van der Waals surface area contributed by atoms with E-state index in [1.54, 1.807) is 55.5 Å². The standard InChI is InChI=1S/C34H35N3O6S/c1-25-17-18-30(42-2)32(21-25)44(40,41)36(22-27-13-7-4-8-14-27)24-33(38)37-23-31(43-29-16-10-9-15-28(29)37)34(39)35-20-19-26-11-5-3-6-12-26/h3-18,21,31H,19-20,22-24H2,1-2H3,(H,35,39)/t31-/m1/s1. The van der Waals surface area contributed by atoms with Crippen molar-refractivity contribution in [3.8, 4) is 11.5 Å². The Labute approximate surface area is 258 Å². The van der Waals surface area contributed by atoms with E-state index in [1.165, 1.54) is 18.1 Å². The third-order valence-corrected chi connectivity index (χ3v) is 9.19. The number of nitrogens with one attached hydrogen (secondary N) is 1. The number of amides is 2. The van der Waals surface area contributed by atoms with Crippen molar-refractivity contribution >= 4 is 27.5 Å². The largest absolute Gasteiger partial charge is 0.495 e. The highest BCUT2D eigenvalue weighted by atomic mass is 32.2. The van der Waals surface area contributed by atoms with Gasteiger partial charge in [0.1, 0.15) is 16.4 Å². The van der Waals surface area contributed by atoms with Crippen LogP contribution in [0.3, 0.4) is 0 Å². The second-order valence-corrected chi connectivity index (χ2v) is 12.4. The molecule has 1 aliphatic rings. The first-order chi connectivity index (χ1) is 21.3. The lowest BCUT2D eigenvalue weighted by Gasteiger charge is -2.35. The summed E-state index contributed by atoms with van der Waals surface area (Å²) < 4.78 is 40.8. The van der Waals surface area contributed by atoms with Crippen LogP contribution in [0.1, 0.15) is 16.7 Å². The van der Waals surface area contributed by atoms with Crippen LogP contribution >= 0.6 is 0 Å². The van der Waals surface area contributed by atoms with Gasteiger partial charge in [0.2, 0.25) is 15.9 Å². The van der Waals surface area contributed by atoms with Crippen LogP contribution in [0.25, 0.3) is 0 Å². The molecule has 1 atom stereocenters. The van der Waals surface area contributed by atoms with Gasteiger partial charge >= 0.3 is 0 Å². The third kappa shape index (κ3) is 7.10. The second kappa shape index (κ2) is 13.7. The zero-order valence-electron chi connectivity index (χ0n) is 24.7. The van der Waals surface area contributed by atoms with Gasteiger partial charge < -0.3 is 19.7 Å². The number of ether oxygens (including phenoxy) is 2. The summed E-state index contributed by atoms with van der Waals surface area (Å²) >= 11 is 0. The van der Waals surface area contributed by atoms with Gasteiger partial charge in [-0.1, -0.05) is 78.9 Å². The topological polar surface area (TPSA) is 105 Å². The maximum Gasteiger partial charge on any atom is 0.262 e. The number of methoxy groups -OCH3 is 1. The Kier molecular flexibility index (Phi) is 9.62. The van der Waals surface area contributed by atoms with Crippen LogP contribution in [0.5, 0.6) is 11.5 Å². The van der Waals surface area contributed by atoms with Crippen molar-refractivity contribution in [2.24, 2.45) is 0 Å². The SMILES string of the molecule is COc1ccc(C)cc1S(=O)(=O)N(CC(=O)N1C[C@H](C(=O)NCCc2ccccc2)Oc2ccccc21)Cc1ccccc1. The fourth-order valence-electron chi connectivity index (χ4n) is 5.07. The first-order valence-electron chi connectivity index (χ1n) is 14.3. The van der Waals surface area contributed by atoms with Crippen molar-refractivity contribution in [3.05, 3.63) is 120 Å². The molecule has 0 aromatic heterocycles. The monoisotopic (exact) mass is 613 g/mol. The number of benzene rings is 4. The summed E-state index contributed by atoms with van der Waals surface area (Å²) in [4.78, 5) is 28.6. The van der Waals surface area contributed by atoms with Crippen LogP contribution in [0.4, 0.5) is 5.69 Å². The van der Waals surface area contributed by atoms with Gasteiger partial charge in [0.25, 0.3) is 5.91 Å². The van der Waals surface area contributed by atoms with Gasteiger partial charge in [0.05, 0.1) is 25.9 Å². The number of nitrogens with zero attached hydrogens (tertiary/aromatic N) is 2. The van der Waals surface area contributed by atoms with E-state index in [0.29, 0.717) is 30.0 Å². The Hall–Kier alpha value is -4.67. The third-order valence-electron chi connectivity index (χ3n) is 7.37. The Balaban J connectivity index is 1.40. The molecule has 0 saturated heterocycles. The van der Waals surface area contributed by atoms with Crippen LogP contribution < -0.4 is 19.7 Å². The van der Waals surface area contributed by atoms with Gasteiger partial charge in [-0.3, -0.25) is 9.59 Å². The molecule has 1 aliphatic heterocycles. The molecular weight excluding hydrogens is 578 g/mol. The minimum Gasteiger partial charge on any atom is -0.495 e. The van der Waals surface area contributed by atoms with E-state index in [-0.39, 0.29) is 29.6 Å². The molecule has 228 valence electrons. The molecule has 0 fully saturated rings. The van der Waals surface area contributed by atoms with Crippen LogP contribution in [0.15, 0.2) is 108 Å². The number of carbonyl (C=O) groups excluding carboxylic acids is 2. The summed E-state index contributed by atoms with van der Waals surface area (Å²) in [6, 6.07) is 30.7. The average Bonchev–Trinajstić information content (AvgIpc) is 3.04. The highest BCUT2D eigenvalue weighted by molar-refractivity contribution is 7.89. The molecule has 1 N–H and O–H groups in total. The molecule has 0 radical (unpaired) electrons. The highest BCUT2D eigenvalue weighted by Crippen LogP contribution is 2.34. The molecule has 0 unspecified atom stereocenters. The van der Waals surface area contributed by atoms with E-state index in [0.717, 1.165) is 15.4 Å². The first kappa shape index (κ1) is 30.8. The predicted molar refractivity (Wildman–Crippen MR) is 168 cm³/mol. The number of sulfonamides is 1. The molecular formula is C34H35N3O6S. The Morgan fingerprint density at radius 1 is 0.932 bits per heavy atom. The molecule has 9 nitrogen and oxygen atoms in total. The maximum atomic E-state index is 14.1. The van der Waals surface area contributed by atoms with Crippen molar-refractivity contribution in [1.82, 2.24) is 9.62 Å². The number of fused-ring (bicyclic) bond motifs is 1. The van der Waals surface area contributed by atoms with Gasteiger partial charge in [0, 0.05) is 13.1 Å². The molecule has 0 spiro atoms. The van der Waals surface area contributed by atoms with E-state index in [9.17, 15) is 18.0 Å². The van der Waals surface area contributed by atoms with Crippen LogP contribution in [-0.2, 0) is 32.6 Å². The molecule has 0 aliphatic carbocycles. The number of hydrogen-bond donors (Lipinski definition) is 1. The van der Waals surface area contributed by atoms with Crippen molar-refractivity contribution in [2.75, 3.05) is 31.6 Å². The quantitative estimate of drug-likeness (QED) is 0.270. The number of aryl methyl sites for hydroxylation is 1. The summed E-state index contributed by atoms with van der Waals surface area (Å²) in [7, 11) is -2.78. The fourth-order valence-corrected chi connectivity index (χ4v) is 6.69. The Morgan fingerprint density at radius 3 is 2.30 bits per heavy atom. The Morgan fingerprint density at radius 2 is 1.59 bits per heavy atom. The first-order valence-corrected chi connectivity index (χ1v) is 15.8. The maximum absolute atomic E-state index is 14.1. The number of para-hydroxylation sites is 2. The molecule has 0 saturated carbocycles. The van der Waals surface area contributed by atoms with E-state index in [4.69, 9.17) is 9.47 Å². The molecule has 1 heterocycles. The predicted octanol–water partition coefficient (Wildman–Crippen LogP) is 4.35. The minimum absolute atomic E-state index is 0.0261. The van der Waals surface area contributed by atoms with Crippen LogP contribution in [-0.4, -0.2) is 57.4 Å². The van der Waals surface area contributed by atoms with Crippen molar-refractivity contribution in [2.45, 2.75) is 30.9 Å². The molecule has 10 heteroatoms. The number of anilines is 1. The lowest BCUT2D eigenvalue weighted by molar-refractivity contribution is -0.128. The number of hydrogen-bond acceptors (Lipinski definition) is 6. The van der Waals surface area contributed by atoms with E-state index in [2.05, 4.69) is 5.32 Å². The van der Waals surface area contributed by atoms with Crippen molar-refractivity contribution < 1.29 is 27.5 Å². The van der Waals surface area contributed by atoms with E-state index in [1.807, 2.05) is 48.5 Å². The summed E-state index contributed by atoms with van der Waals surface area (Å²) in [6.45, 7) is 1.62. The number of rotatable bonds is 11. The van der Waals surface area contributed by atoms with Gasteiger partial charge in [-0.05, 0) is 54.3 Å². The average molecular weight is 614 g/mol. The minimum atomic E-state index is -4.19. The summed E-state index contributed by atoms with van der Waals surface area (Å²) in [5.41, 5.74) is 3.01. The van der Waals surface area contributed by atoms with Crippen LogP contribution in [0.2, 0.25) is 0 Å². The summed E-state index contributed by atoms with van der Waals surface area (Å²) in [5, 5.41) is 2.91. The fraction of sp³-hybridized carbons (Fsp3) is 0.235. The highest BCUT2D eigenvalue weighted by Gasteiger charge is 2.37. The zero-order chi connectivity index (χ0) is 31.1. The van der Waals surface area contributed by atoms with E-state index >= 15 is 0 Å². The molecule has 5 rings (SSSR count). The zero-order valence-corrected chi connectivity index (χ0v) is 25.5. The second-order valence-electron chi connectivity index (χ2n) is 10.5. The van der Waals surface area contributed by atoms with Gasteiger partial charge in [-0.2, -0.15) is 4.31 Å². The Bertz CT molecular complexity index is 1710. The molecule has 4 aromatic rings. The summed E-state index contributed by atoms with van der Waals surface area (Å²) in [5.74, 6) is -0.293. The normalized spacial score (nSPS) is 14.4. The van der Waals surface area contributed by atoms with Gasteiger partial charge in [-0.25, -0.2) is 8.42 Å². The van der Waals surface area contributed by atoms with Crippen LogP contribution in [0, 0.1) is 6.92 Å². The van der Waals surface area contributed by atoms with E-state index < -0.39 is 28.6 Å². The lowest BCUT2D eigenvalue weighted by atomic mass is 10.1. The van der Waals surface area contributed by atoms with Gasteiger partial charge in [0.15, 0.2) is 6.10 Å². The molecule has 4 aromatic carbocycles. The summed E-state index contributed by atoms with van der Waals surface area (Å²) in [6.07, 6.45) is -0.326. The lowest BCUT2D eigenvalue weighted by Crippen LogP contribution is -2.53. The van der Waals surface area contributed by atoms with Crippen molar-refractivity contribution in [3.63, 3.8) is 0 Å². The van der Waals surface area contributed by atoms with Crippen molar-refractivity contribution in [1.29, 1.82) is 0 Å². The molecule has 2 amide bonds.